The largest absolute Gasteiger partial charge is 0.496 e. The first kappa shape index (κ1) is 22.8. The highest BCUT2D eigenvalue weighted by molar-refractivity contribution is 7.89. The van der Waals surface area contributed by atoms with Crippen LogP contribution >= 0.6 is 0 Å². The van der Waals surface area contributed by atoms with Crippen LogP contribution in [0.1, 0.15) is 52.9 Å². The third-order valence-corrected chi connectivity index (χ3v) is 7.75. The highest BCUT2D eigenvalue weighted by Crippen LogP contribution is 2.28. The number of benzene rings is 2. The number of carbonyl (C=O) groups is 1. The Hall–Kier alpha value is -2.42. The summed E-state index contributed by atoms with van der Waals surface area (Å²) >= 11 is 0. The number of hydrogen-bond acceptors (Lipinski definition) is 5. The molecule has 0 radical (unpaired) electrons. The standard InChI is InChI=1S/C24H30N2O5S/c1-17(19-8-7-18-5-3-4-6-20(18)15-19)25-32(28,29)21-9-10-23(30-2)22(16-21)24(27)26-11-13-31-14-12-26/h7-10,15-17,25H,3-6,11-14H2,1-2H3. The molecule has 8 heteroatoms. The second kappa shape index (κ2) is 9.60. The number of sulfonamides is 1. The first-order valence-corrected chi connectivity index (χ1v) is 12.6. The van der Waals surface area contributed by atoms with Gasteiger partial charge in [0.05, 0.1) is 30.8 Å². The maximum Gasteiger partial charge on any atom is 0.257 e. The van der Waals surface area contributed by atoms with Crippen molar-refractivity contribution in [2.24, 2.45) is 0 Å². The van der Waals surface area contributed by atoms with Gasteiger partial charge in [0.2, 0.25) is 10.0 Å². The molecule has 32 heavy (non-hydrogen) atoms. The van der Waals surface area contributed by atoms with E-state index in [0.29, 0.717) is 32.1 Å². The second-order valence-corrected chi connectivity index (χ2v) is 10.1. The van der Waals surface area contributed by atoms with E-state index in [4.69, 9.17) is 9.47 Å². The number of nitrogens with zero attached hydrogens (tertiary/aromatic N) is 1. The molecule has 1 saturated heterocycles. The van der Waals surface area contributed by atoms with Crippen molar-refractivity contribution < 1.29 is 22.7 Å². The van der Waals surface area contributed by atoms with E-state index in [9.17, 15) is 13.2 Å². The number of aryl methyl sites for hydroxylation is 2. The Morgan fingerprint density at radius 2 is 1.78 bits per heavy atom. The average molecular weight is 459 g/mol. The quantitative estimate of drug-likeness (QED) is 0.719. The summed E-state index contributed by atoms with van der Waals surface area (Å²) in [6, 6.07) is 10.2. The van der Waals surface area contributed by atoms with Gasteiger partial charge in [-0.3, -0.25) is 4.79 Å². The van der Waals surface area contributed by atoms with Gasteiger partial charge in [-0.15, -0.1) is 0 Å². The summed E-state index contributed by atoms with van der Waals surface area (Å²) < 4.78 is 39.7. The van der Waals surface area contributed by atoms with Crippen LogP contribution in [0.15, 0.2) is 41.3 Å². The summed E-state index contributed by atoms with van der Waals surface area (Å²) in [7, 11) is -2.37. The molecule has 1 fully saturated rings. The number of nitrogens with one attached hydrogen (secondary N) is 1. The number of ether oxygens (including phenoxy) is 2. The highest BCUT2D eigenvalue weighted by atomic mass is 32.2. The maximum atomic E-state index is 13.2. The van der Waals surface area contributed by atoms with E-state index in [1.54, 1.807) is 4.90 Å². The van der Waals surface area contributed by atoms with E-state index >= 15 is 0 Å². The maximum absolute atomic E-state index is 13.2. The molecule has 1 unspecified atom stereocenters. The summed E-state index contributed by atoms with van der Waals surface area (Å²) in [5.74, 6) is 0.0908. The van der Waals surface area contributed by atoms with Gasteiger partial charge in [0.25, 0.3) is 5.91 Å². The van der Waals surface area contributed by atoms with Crippen molar-refractivity contribution in [3.63, 3.8) is 0 Å². The minimum atomic E-state index is -3.84. The van der Waals surface area contributed by atoms with E-state index in [2.05, 4.69) is 16.9 Å². The molecule has 1 aliphatic carbocycles. The third-order valence-electron chi connectivity index (χ3n) is 6.21. The van der Waals surface area contributed by atoms with Gasteiger partial charge >= 0.3 is 0 Å². The van der Waals surface area contributed by atoms with E-state index in [0.717, 1.165) is 18.4 Å². The minimum absolute atomic E-state index is 0.0414. The predicted octanol–water partition coefficient (Wildman–Crippen LogP) is 3.09. The van der Waals surface area contributed by atoms with Crippen molar-refractivity contribution in [1.29, 1.82) is 0 Å². The molecule has 172 valence electrons. The third kappa shape index (κ3) is 4.82. The molecule has 0 spiro atoms. The monoisotopic (exact) mass is 458 g/mol. The molecular formula is C24H30N2O5S. The van der Waals surface area contributed by atoms with Gasteiger partial charge in [-0.1, -0.05) is 18.2 Å². The smallest absolute Gasteiger partial charge is 0.257 e. The predicted molar refractivity (Wildman–Crippen MR) is 122 cm³/mol. The fraction of sp³-hybridized carbons (Fsp3) is 0.458. The van der Waals surface area contributed by atoms with E-state index in [-0.39, 0.29) is 16.4 Å². The zero-order valence-electron chi connectivity index (χ0n) is 18.6. The Bertz CT molecular complexity index is 1090. The normalized spacial score (nSPS) is 17.5. The second-order valence-electron chi connectivity index (χ2n) is 8.34. The van der Waals surface area contributed by atoms with Gasteiger partial charge in [-0.25, -0.2) is 13.1 Å². The van der Waals surface area contributed by atoms with Crippen molar-refractivity contribution in [1.82, 2.24) is 9.62 Å². The fourth-order valence-electron chi connectivity index (χ4n) is 4.35. The number of rotatable bonds is 6. The van der Waals surface area contributed by atoms with Crippen LogP contribution in [-0.2, 0) is 27.6 Å². The Balaban J connectivity index is 1.57. The van der Waals surface area contributed by atoms with Crippen LogP contribution in [0.4, 0.5) is 0 Å². The molecule has 0 saturated carbocycles. The van der Waals surface area contributed by atoms with Crippen molar-refractivity contribution >= 4 is 15.9 Å². The van der Waals surface area contributed by atoms with Gasteiger partial charge in [-0.05, 0) is 67.5 Å². The van der Waals surface area contributed by atoms with Crippen LogP contribution in [0, 0.1) is 0 Å². The zero-order valence-corrected chi connectivity index (χ0v) is 19.4. The summed E-state index contributed by atoms with van der Waals surface area (Å²) in [6.07, 6.45) is 4.50. The molecule has 1 atom stereocenters. The van der Waals surface area contributed by atoms with E-state index < -0.39 is 16.1 Å². The number of hydrogen-bond donors (Lipinski definition) is 1. The molecule has 0 aromatic heterocycles. The molecule has 2 aliphatic rings. The molecule has 4 rings (SSSR count). The lowest BCUT2D eigenvalue weighted by molar-refractivity contribution is 0.0300. The van der Waals surface area contributed by atoms with Gasteiger partial charge in [0.15, 0.2) is 0 Å². The van der Waals surface area contributed by atoms with Gasteiger partial charge in [-0.2, -0.15) is 0 Å². The Morgan fingerprint density at radius 1 is 1.06 bits per heavy atom. The summed E-state index contributed by atoms with van der Waals surface area (Å²) in [5.41, 5.74) is 3.84. The molecule has 0 bridgehead atoms. The van der Waals surface area contributed by atoms with Crippen LogP contribution in [0.5, 0.6) is 5.75 Å². The van der Waals surface area contributed by atoms with E-state index in [1.807, 2.05) is 13.0 Å². The van der Waals surface area contributed by atoms with Gasteiger partial charge in [0, 0.05) is 19.1 Å². The Kier molecular flexibility index (Phi) is 6.83. The number of amides is 1. The van der Waals surface area contributed by atoms with Crippen LogP contribution < -0.4 is 9.46 Å². The van der Waals surface area contributed by atoms with Crippen molar-refractivity contribution in [3.05, 3.63) is 58.7 Å². The lowest BCUT2D eigenvalue weighted by Crippen LogP contribution is -2.40. The fourth-order valence-corrected chi connectivity index (χ4v) is 5.61. The molecule has 1 heterocycles. The summed E-state index contributed by atoms with van der Waals surface area (Å²) in [4.78, 5) is 14.7. The van der Waals surface area contributed by atoms with Crippen LogP contribution in [-0.4, -0.2) is 52.6 Å². The molecule has 1 amide bonds. The minimum Gasteiger partial charge on any atom is -0.496 e. The molecular weight excluding hydrogens is 428 g/mol. The van der Waals surface area contributed by atoms with Crippen LogP contribution in [0.3, 0.4) is 0 Å². The topological polar surface area (TPSA) is 84.9 Å². The number of fused-ring (bicyclic) bond motifs is 1. The molecule has 1 aliphatic heterocycles. The number of methoxy groups -OCH3 is 1. The van der Waals surface area contributed by atoms with Crippen molar-refractivity contribution in [2.75, 3.05) is 33.4 Å². The van der Waals surface area contributed by atoms with Crippen molar-refractivity contribution in [2.45, 2.75) is 43.5 Å². The van der Waals surface area contributed by atoms with Crippen molar-refractivity contribution in [3.8, 4) is 5.75 Å². The lowest BCUT2D eigenvalue weighted by atomic mass is 9.89. The molecule has 2 aromatic rings. The molecule has 2 aromatic carbocycles. The number of morpholine rings is 1. The Labute approximate surface area is 189 Å². The average Bonchev–Trinajstić information content (AvgIpc) is 2.83. The molecule has 7 nitrogen and oxygen atoms in total. The van der Waals surface area contributed by atoms with Gasteiger partial charge < -0.3 is 14.4 Å². The summed E-state index contributed by atoms with van der Waals surface area (Å²) in [6.45, 7) is 3.70. The van der Waals surface area contributed by atoms with E-state index in [1.165, 1.54) is 49.3 Å². The van der Waals surface area contributed by atoms with Gasteiger partial charge in [0.1, 0.15) is 5.75 Å². The number of carbonyl (C=O) groups excluding carboxylic acids is 1. The first-order valence-electron chi connectivity index (χ1n) is 11.1. The summed E-state index contributed by atoms with van der Waals surface area (Å²) in [5, 5.41) is 0. The van der Waals surface area contributed by atoms with Crippen LogP contribution in [0.25, 0.3) is 0 Å². The first-order chi connectivity index (χ1) is 15.4. The zero-order chi connectivity index (χ0) is 22.7. The Morgan fingerprint density at radius 3 is 2.50 bits per heavy atom. The SMILES string of the molecule is COc1ccc(S(=O)(=O)NC(C)c2ccc3c(c2)CCCC3)cc1C(=O)N1CCOCC1. The lowest BCUT2D eigenvalue weighted by Gasteiger charge is -2.27. The molecule has 1 N–H and O–H groups in total. The van der Waals surface area contributed by atoms with Crippen LogP contribution in [0.2, 0.25) is 0 Å². The highest BCUT2D eigenvalue weighted by Gasteiger charge is 2.26.